The third-order valence-corrected chi connectivity index (χ3v) is 3.56. The van der Waals surface area contributed by atoms with Crippen molar-refractivity contribution in [1.82, 2.24) is 0 Å². The van der Waals surface area contributed by atoms with Crippen LogP contribution in [0.25, 0.3) is 0 Å². The molecule has 0 atom stereocenters. The number of carbonyl (C=O) groups excluding carboxylic acids is 1. The van der Waals surface area contributed by atoms with Gasteiger partial charge in [0.1, 0.15) is 5.75 Å². The molecule has 0 heterocycles. The molecule has 0 saturated carbocycles. The van der Waals surface area contributed by atoms with E-state index < -0.39 is 0 Å². The molecule has 0 fully saturated rings. The molecule has 22 heavy (non-hydrogen) atoms. The number of amides is 1. The van der Waals surface area contributed by atoms with Crippen LogP contribution < -0.4 is 15.8 Å². The van der Waals surface area contributed by atoms with E-state index in [9.17, 15) is 4.79 Å². The topological polar surface area (TPSA) is 64.3 Å². The normalized spacial score (nSPS) is 10.4. The zero-order chi connectivity index (χ0) is 16.3. The maximum absolute atomic E-state index is 12.0. The van der Waals surface area contributed by atoms with E-state index in [1.807, 2.05) is 39.0 Å². The lowest BCUT2D eigenvalue weighted by molar-refractivity contribution is -0.118. The minimum absolute atomic E-state index is 0.0793. The fraction of sp³-hybridized carbons (Fsp3) is 0.235. The second kappa shape index (κ2) is 6.71. The van der Waals surface area contributed by atoms with Gasteiger partial charge in [-0.25, -0.2) is 0 Å². The van der Waals surface area contributed by atoms with Gasteiger partial charge in [0.25, 0.3) is 5.91 Å². The molecular weight excluding hydrogens is 300 g/mol. The third kappa shape index (κ3) is 3.92. The summed E-state index contributed by atoms with van der Waals surface area (Å²) < 4.78 is 5.55. The van der Waals surface area contributed by atoms with Crippen molar-refractivity contribution in [3.8, 4) is 5.75 Å². The van der Waals surface area contributed by atoms with E-state index in [1.54, 1.807) is 12.1 Å². The largest absolute Gasteiger partial charge is 0.483 e. The molecule has 116 valence electrons. The Morgan fingerprint density at radius 3 is 2.55 bits per heavy atom. The van der Waals surface area contributed by atoms with Crippen molar-refractivity contribution in [2.45, 2.75) is 20.8 Å². The first-order valence-corrected chi connectivity index (χ1v) is 7.30. The highest BCUT2D eigenvalue weighted by Gasteiger charge is 2.11. The van der Waals surface area contributed by atoms with Crippen LogP contribution >= 0.6 is 11.6 Å². The lowest BCUT2D eigenvalue weighted by Gasteiger charge is -2.13. The van der Waals surface area contributed by atoms with E-state index in [0.717, 1.165) is 16.7 Å². The number of anilines is 2. The summed E-state index contributed by atoms with van der Waals surface area (Å²) in [5, 5.41) is 3.17. The summed E-state index contributed by atoms with van der Waals surface area (Å²) in [4.78, 5) is 12.0. The number of benzene rings is 2. The van der Waals surface area contributed by atoms with Crippen LogP contribution in [0.3, 0.4) is 0 Å². The van der Waals surface area contributed by atoms with E-state index in [-0.39, 0.29) is 12.5 Å². The molecule has 0 bridgehead atoms. The highest BCUT2D eigenvalue weighted by molar-refractivity contribution is 6.34. The number of nitrogens with two attached hydrogens (primary N) is 1. The maximum Gasteiger partial charge on any atom is 0.262 e. The fourth-order valence-electron chi connectivity index (χ4n) is 2.21. The van der Waals surface area contributed by atoms with Crippen molar-refractivity contribution in [1.29, 1.82) is 0 Å². The molecule has 0 aliphatic carbocycles. The van der Waals surface area contributed by atoms with Gasteiger partial charge in [-0.05, 0) is 50.1 Å². The number of hydrogen-bond donors (Lipinski definition) is 2. The number of rotatable bonds is 4. The smallest absolute Gasteiger partial charge is 0.262 e. The third-order valence-electron chi connectivity index (χ3n) is 3.26. The summed E-state index contributed by atoms with van der Waals surface area (Å²) in [5.41, 5.74) is 9.78. The van der Waals surface area contributed by atoms with Crippen molar-refractivity contribution in [3.05, 3.63) is 52.0 Å². The predicted octanol–water partition coefficient (Wildman–Crippen LogP) is 3.86. The Balaban J connectivity index is 2.02. The lowest BCUT2D eigenvalue weighted by atomic mass is 10.1. The van der Waals surface area contributed by atoms with Gasteiger partial charge in [-0.2, -0.15) is 0 Å². The fourth-order valence-corrected chi connectivity index (χ4v) is 2.53. The summed E-state index contributed by atoms with van der Waals surface area (Å²) in [5.74, 6) is 0.427. The quantitative estimate of drug-likeness (QED) is 0.841. The molecule has 3 N–H and O–H groups in total. The standard InChI is InChI=1S/C17H19ClN2O2/c1-10-4-5-15(11(2)6-10)22-9-16(21)20-17-12(3)7-13(19)8-14(17)18/h4-8H,9,19H2,1-3H3,(H,20,21). The summed E-state index contributed by atoms with van der Waals surface area (Å²) in [6, 6.07) is 9.18. The van der Waals surface area contributed by atoms with Crippen LogP contribution in [-0.4, -0.2) is 12.5 Å². The SMILES string of the molecule is Cc1ccc(OCC(=O)Nc2c(C)cc(N)cc2Cl)c(C)c1. The maximum atomic E-state index is 12.0. The van der Waals surface area contributed by atoms with Crippen molar-refractivity contribution in [2.75, 3.05) is 17.7 Å². The zero-order valence-electron chi connectivity index (χ0n) is 12.9. The number of nitrogens with one attached hydrogen (secondary N) is 1. The second-order valence-electron chi connectivity index (χ2n) is 5.30. The molecule has 0 aliphatic heterocycles. The van der Waals surface area contributed by atoms with Gasteiger partial charge < -0.3 is 15.8 Å². The summed E-state index contributed by atoms with van der Waals surface area (Å²) >= 11 is 6.10. The minimum atomic E-state index is -0.269. The van der Waals surface area contributed by atoms with Gasteiger partial charge >= 0.3 is 0 Å². The van der Waals surface area contributed by atoms with E-state index in [2.05, 4.69) is 5.32 Å². The molecule has 0 radical (unpaired) electrons. The molecule has 2 rings (SSSR count). The van der Waals surface area contributed by atoms with E-state index in [0.29, 0.717) is 22.1 Å². The molecule has 1 amide bonds. The summed E-state index contributed by atoms with van der Waals surface area (Å²) in [6.45, 7) is 5.71. The van der Waals surface area contributed by atoms with Crippen LogP contribution in [0.15, 0.2) is 30.3 Å². The molecule has 2 aromatic carbocycles. The van der Waals surface area contributed by atoms with Crippen LogP contribution in [0.1, 0.15) is 16.7 Å². The van der Waals surface area contributed by atoms with Gasteiger partial charge in [0.15, 0.2) is 6.61 Å². The molecule has 0 spiro atoms. The van der Waals surface area contributed by atoms with Crippen molar-refractivity contribution in [3.63, 3.8) is 0 Å². The van der Waals surface area contributed by atoms with E-state index >= 15 is 0 Å². The van der Waals surface area contributed by atoms with Gasteiger partial charge in [0, 0.05) is 5.69 Å². The first-order valence-electron chi connectivity index (χ1n) is 6.92. The predicted molar refractivity (Wildman–Crippen MR) is 90.6 cm³/mol. The molecule has 0 saturated heterocycles. The zero-order valence-corrected chi connectivity index (χ0v) is 13.6. The Hall–Kier alpha value is -2.20. The van der Waals surface area contributed by atoms with Crippen molar-refractivity contribution in [2.24, 2.45) is 0 Å². The monoisotopic (exact) mass is 318 g/mol. The van der Waals surface area contributed by atoms with Crippen LogP contribution in [0.2, 0.25) is 5.02 Å². The van der Waals surface area contributed by atoms with Crippen LogP contribution in [0.4, 0.5) is 11.4 Å². The Morgan fingerprint density at radius 2 is 1.91 bits per heavy atom. The number of nitrogen functional groups attached to an aromatic ring is 1. The second-order valence-corrected chi connectivity index (χ2v) is 5.71. The minimum Gasteiger partial charge on any atom is -0.483 e. The first-order chi connectivity index (χ1) is 10.4. The van der Waals surface area contributed by atoms with E-state index in [1.165, 1.54) is 0 Å². The lowest BCUT2D eigenvalue weighted by Crippen LogP contribution is -2.21. The molecule has 0 unspecified atom stereocenters. The van der Waals surface area contributed by atoms with Gasteiger partial charge in [-0.3, -0.25) is 4.79 Å². The Labute approximate surface area is 135 Å². The molecule has 0 aliphatic rings. The molecule has 5 heteroatoms. The van der Waals surface area contributed by atoms with E-state index in [4.69, 9.17) is 22.1 Å². The van der Waals surface area contributed by atoms with Gasteiger partial charge in [0.05, 0.1) is 10.7 Å². The van der Waals surface area contributed by atoms with Crippen molar-refractivity contribution >= 4 is 28.9 Å². The number of hydrogen-bond acceptors (Lipinski definition) is 3. The molecule has 4 nitrogen and oxygen atoms in total. The Bertz CT molecular complexity index is 691. The molecule has 2 aromatic rings. The van der Waals surface area contributed by atoms with Crippen molar-refractivity contribution < 1.29 is 9.53 Å². The molecular formula is C17H19ClN2O2. The number of carbonyl (C=O) groups is 1. The average molecular weight is 319 g/mol. The first kappa shape index (κ1) is 16.2. The summed E-state index contributed by atoms with van der Waals surface area (Å²) in [6.07, 6.45) is 0. The molecule has 0 aromatic heterocycles. The van der Waals surface area contributed by atoms with Crippen LogP contribution in [-0.2, 0) is 4.79 Å². The highest BCUT2D eigenvalue weighted by atomic mass is 35.5. The van der Waals surface area contributed by atoms with Gasteiger partial charge in [0.2, 0.25) is 0 Å². The number of halogens is 1. The van der Waals surface area contributed by atoms with Gasteiger partial charge in [-0.1, -0.05) is 29.3 Å². The number of aryl methyl sites for hydroxylation is 3. The Morgan fingerprint density at radius 1 is 1.18 bits per heavy atom. The van der Waals surface area contributed by atoms with Gasteiger partial charge in [-0.15, -0.1) is 0 Å². The van der Waals surface area contributed by atoms with Crippen LogP contribution in [0, 0.1) is 20.8 Å². The average Bonchev–Trinajstić information content (AvgIpc) is 2.42. The number of ether oxygens (including phenoxy) is 1. The Kier molecular flexibility index (Phi) is 4.93. The van der Waals surface area contributed by atoms with Crippen LogP contribution in [0.5, 0.6) is 5.75 Å². The highest BCUT2D eigenvalue weighted by Crippen LogP contribution is 2.28. The summed E-state index contributed by atoms with van der Waals surface area (Å²) in [7, 11) is 0.